The van der Waals surface area contributed by atoms with Crippen LogP contribution in [0.25, 0.3) is 0 Å². The zero-order valence-corrected chi connectivity index (χ0v) is 10.3. The molecule has 8 nitrogen and oxygen atoms in total. The van der Waals surface area contributed by atoms with Crippen molar-refractivity contribution in [3.05, 3.63) is 34.5 Å². The molecule has 3 N–H and O–H groups in total. The molecular formula is C11H12N4O4. The van der Waals surface area contributed by atoms with Gasteiger partial charge in [0, 0.05) is 6.07 Å². The zero-order valence-electron chi connectivity index (χ0n) is 10.3. The Hall–Kier alpha value is -2.45. The lowest BCUT2D eigenvalue weighted by Gasteiger charge is -2.33. The fourth-order valence-corrected chi connectivity index (χ4v) is 1.85. The highest BCUT2D eigenvalue weighted by Crippen LogP contribution is 2.40. The molecule has 1 aromatic rings. The number of fused-ring (bicyclic) bond motifs is 1. The van der Waals surface area contributed by atoms with Crippen molar-refractivity contribution in [2.75, 3.05) is 17.2 Å². The van der Waals surface area contributed by atoms with Crippen LogP contribution in [0.2, 0.25) is 0 Å². The quantitative estimate of drug-likeness (QED) is 0.428. The molecule has 0 amide bonds. The number of hydrogen-bond donors (Lipinski definition) is 3. The molecule has 1 aliphatic heterocycles. The third kappa shape index (κ3) is 1.92. The number of hydrogen-bond acceptors (Lipinski definition) is 7. The lowest BCUT2D eigenvalue weighted by molar-refractivity contribution is 0.252. The Balaban J connectivity index is 2.59. The summed E-state index contributed by atoms with van der Waals surface area (Å²) in [7, 11) is 1.48. The topological polar surface area (TPSA) is 109 Å². The van der Waals surface area contributed by atoms with Gasteiger partial charge in [0.05, 0.1) is 24.2 Å². The predicted molar refractivity (Wildman–Crippen MR) is 67.7 cm³/mol. The molecule has 19 heavy (non-hydrogen) atoms. The molecule has 0 bridgehead atoms. The maximum Gasteiger partial charge on any atom is 0.217 e. The average Bonchev–Trinajstić information content (AvgIpc) is 2.44. The standard InChI is InChI=1S/C11H12N4O4/c1-6-10(11(12)13-16)15(18)8-4-3-7(19-2)5-9(8)14(6)17/h3-5,12,17-18H,1-2H3. The van der Waals surface area contributed by atoms with Crippen molar-refractivity contribution in [2.45, 2.75) is 6.92 Å². The van der Waals surface area contributed by atoms with Crippen molar-refractivity contribution in [1.29, 1.82) is 5.41 Å². The Morgan fingerprint density at radius 1 is 1.32 bits per heavy atom. The van der Waals surface area contributed by atoms with Crippen LogP contribution in [0.1, 0.15) is 6.92 Å². The number of benzene rings is 1. The molecule has 1 heterocycles. The Bertz CT molecular complexity index is 584. The minimum atomic E-state index is -0.680. The first kappa shape index (κ1) is 13.0. The summed E-state index contributed by atoms with van der Waals surface area (Å²) >= 11 is 0. The molecular weight excluding hydrogens is 252 g/mol. The number of rotatable bonds is 2. The summed E-state index contributed by atoms with van der Waals surface area (Å²) in [5.74, 6) is -0.188. The van der Waals surface area contributed by atoms with Crippen molar-refractivity contribution in [1.82, 2.24) is 0 Å². The Morgan fingerprint density at radius 3 is 2.58 bits per heavy atom. The number of amidine groups is 1. The van der Waals surface area contributed by atoms with Crippen molar-refractivity contribution in [3.63, 3.8) is 0 Å². The summed E-state index contributed by atoms with van der Waals surface area (Å²) in [6, 6.07) is 4.57. The average molecular weight is 264 g/mol. The first-order valence-electron chi connectivity index (χ1n) is 5.30. The normalized spacial score (nSPS) is 14.3. The maximum absolute atomic E-state index is 10.4. The van der Waals surface area contributed by atoms with E-state index in [-0.39, 0.29) is 22.8 Å². The van der Waals surface area contributed by atoms with E-state index in [1.165, 1.54) is 26.2 Å². The second-order valence-corrected chi connectivity index (χ2v) is 3.85. The third-order valence-corrected chi connectivity index (χ3v) is 2.83. The van der Waals surface area contributed by atoms with Gasteiger partial charge in [-0.2, -0.15) is 0 Å². The fourth-order valence-electron chi connectivity index (χ4n) is 1.85. The molecule has 0 atom stereocenters. The van der Waals surface area contributed by atoms with Crippen molar-refractivity contribution < 1.29 is 15.2 Å². The van der Waals surface area contributed by atoms with E-state index >= 15 is 0 Å². The molecule has 2 rings (SSSR count). The first-order chi connectivity index (χ1) is 9.01. The summed E-state index contributed by atoms with van der Waals surface area (Å²) in [5.41, 5.74) is 0.391. The fraction of sp³-hybridized carbons (Fsp3) is 0.182. The van der Waals surface area contributed by atoms with Crippen LogP contribution in [-0.4, -0.2) is 23.4 Å². The molecule has 0 fully saturated rings. The van der Waals surface area contributed by atoms with Crippen LogP contribution in [-0.2, 0) is 0 Å². The molecule has 0 aromatic heterocycles. The second kappa shape index (κ2) is 4.67. The van der Waals surface area contributed by atoms with Crippen LogP contribution in [0.4, 0.5) is 11.4 Å². The van der Waals surface area contributed by atoms with E-state index in [1.54, 1.807) is 6.07 Å². The summed E-state index contributed by atoms with van der Waals surface area (Å²) in [6.45, 7) is 1.45. The van der Waals surface area contributed by atoms with Gasteiger partial charge in [0.2, 0.25) is 5.84 Å². The Morgan fingerprint density at radius 2 is 2.00 bits per heavy atom. The van der Waals surface area contributed by atoms with Crippen molar-refractivity contribution in [2.24, 2.45) is 5.18 Å². The van der Waals surface area contributed by atoms with Crippen LogP contribution in [0.3, 0.4) is 0 Å². The molecule has 0 aliphatic carbocycles. The van der Waals surface area contributed by atoms with Gasteiger partial charge in [0.15, 0.2) is 0 Å². The van der Waals surface area contributed by atoms with Crippen molar-refractivity contribution >= 4 is 17.2 Å². The smallest absolute Gasteiger partial charge is 0.217 e. The molecule has 1 aliphatic rings. The Labute approximate surface area is 108 Å². The van der Waals surface area contributed by atoms with E-state index in [0.717, 1.165) is 5.06 Å². The van der Waals surface area contributed by atoms with Crippen LogP contribution in [0, 0.1) is 10.3 Å². The second-order valence-electron chi connectivity index (χ2n) is 3.85. The number of allylic oxidation sites excluding steroid dienone is 1. The van der Waals surface area contributed by atoms with E-state index in [1.807, 2.05) is 0 Å². The molecule has 1 aromatic carbocycles. The SMILES string of the molecule is COc1ccc2c(c1)N(O)C(C)=C(C(=N)N=O)N2O. The van der Waals surface area contributed by atoms with Gasteiger partial charge in [-0.05, 0) is 24.2 Å². The largest absolute Gasteiger partial charge is 0.497 e. The minimum Gasteiger partial charge on any atom is -0.497 e. The van der Waals surface area contributed by atoms with Gasteiger partial charge >= 0.3 is 0 Å². The number of nitroso groups, excluding NO2 is 1. The molecule has 0 radical (unpaired) electrons. The van der Waals surface area contributed by atoms with Gasteiger partial charge in [-0.15, -0.1) is 4.91 Å². The molecule has 0 saturated carbocycles. The summed E-state index contributed by atoms with van der Waals surface area (Å²) in [4.78, 5) is 10.4. The molecule has 0 spiro atoms. The van der Waals surface area contributed by atoms with Crippen LogP contribution < -0.4 is 14.9 Å². The van der Waals surface area contributed by atoms with E-state index in [2.05, 4.69) is 5.18 Å². The number of hydroxylamine groups is 2. The third-order valence-electron chi connectivity index (χ3n) is 2.83. The van der Waals surface area contributed by atoms with Crippen LogP contribution in [0.15, 0.2) is 34.8 Å². The van der Waals surface area contributed by atoms with Crippen LogP contribution >= 0.6 is 0 Å². The number of methoxy groups -OCH3 is 1. The number of nitrogens with one attached hydrogen (secondary N) is 1. The van der Waals surface area contributed by atoms with Crippen molar-refractivity contribution in [3.8, 4) is 5.75 Å². The highest BCUT2D eigenvalue weighted by Gasteiger charge is 2.30. The van der Waals surface area contributed by atoms with E-state index < -0.39 is 5.84 Å². The van der Waals surface area contributed by atoms with E-state index in [9.17, 15) is 15.3 Å². The van der Waals surface area contributed by atoms with Gasteiger partial charge in [-0.25, -0.2) is 10.1 Å². The first-order valence-corrected chi connectivity index (χ1v) is 5.30. The number of nitrogens with zero attached hydrogens (tertiary/aromatic N) is 3. The lowest BCUT2D eigenvalue weighted by atomic mass is 10.1. The van der Waals surface area contributed by atoms with Gasteiger partial charge in [0.25, 0.3) is 0 Å². The summed E-state index contributed by atoms with van der Waals surface area (Å²) < 4.78 is 5.03. The Kier molecular flexibility index (Phi) is 3.19. The molecule has 0 saturated heterocycles. The van der Waals surface area contributed by atoms with E-state index in [4.69, 9.17) is 10.1 Å². The summed E-state index contributed by atoms with van der Waals surface area (Å²) in [6.07, 6.45) is 0. The predicted octanol–water partition coefficient (Wildman–Crippen LogP) is 2.08. The molecule has 100 valence electrons. The van der Waals surface area contributed by atoms with E-state index in [0.29, 0.717) is 10.8 Å². The van der Waals surface area contributed by atoms with Gasteiger partial charge < -0.3 is 4.74 Å². The number of ether oxygens (including phenoxy) is 1. The van der Waals surface area contributed by atoms with Gasteiger partial charge in [-0.3, -0.25) is 15.8 Å². The highest BCUT2D eigenvalue weighted by molar-refractivity contribution is 6.02. The molecule has 0 unspecified atom stereocenters. The van der Waals surface area contributed by atoms with Gasteiger partial charge in [0.1, 0.15) is 11.4 Å². The monoisotopic (exact) mass is 264 g/mol. The number of anilines is 2. The van der Waals surface area contributed by atoms with Gasteiger partial charge in [-0.1, -0.05) is 0 Å². The minimum absolute atomic E-state index is 0.104. The summed E-state index contributed by atoms with van der Waals surface area (Å²) in [5, 5.41) is 31.3. The lowest BCUT2D eigenvalue weighted by Crippen LogP contribution is -2.34. The molecule has 8 heteroatoms. The zero-order chi connectivity index (χ0) is 14.2. The van der Waals surface area contributed by atoms with Crippen LogP contribution in [0.5, 0.6) is 5.75 Å². The highest BCUT2D eigenvalue weighted by atomic mass is 16.5. The maximum atomic E-state index is 10.4.